The van der Waals surface area contributed by atoms with Gasteiger partial charge in [0.25, 0.3) is 5.91 Å². The lowest BCUT2D eigenvalue weighted by atomic mass is 10.1. The minimum Gasteiger partial charge on any atom is -0.462 e. The Morgan fingerprint density at radius 2 is 1.91 bits per heavy atom. The number of carbonyl (C=O) groups excluding carboxylic acids is 1. The summed E-state index contributed by atoms with van der Waals surface area (Å²) in [7, 11) is 0. The van der Waals surface area contributed by atoms with E-state index in [0.717, 1.165) is 16.5 Å². The van der Waals surface area contributed by atoms with Gasteiger partial charge in [0.15, 0.2) is 0 Å². The smallest absolute Gasteiger partial charge is 0.266 e. The Labute approximate surface area is 133 Å². The molecule has 0 bridgehead atoms. The van der Waals surface area contributed by atoms with Crippen molar-refractivity contribution in [2.45, 2.75) is 6.92 Å². The van der Waals surface area contributed by atoms with Crippen LogP contribution in [0.15, 0.2) is 64.6 Å². The molecule has 1 heterocycles. The predicted octanol–water partition coefficient (Wildman–Crippen LogP) is 4.29. The van der Waals surface area contributed by atoms with Crippen LogP contribution in [0.5, 0.6) is 0 Å². The average Bonchev–Trinajstić information content (AvgIpc) is 2.97. The van der Waals surface area contributed by atoms with E-state index >= 15 is 0 Å². The molecule has 0 saturated heterocycles. The summed E-state index contributed by atoms with van der Waals surface area (Å²) >= 11 is 0. The van der Waals surface area contributed by atoms with E-state index < -0.39 is 5.91 Å². The zero-order valence-electron chi connectivity index (χ0n) is 12.5. The molecular formula is C19H14N2O2. The molecule has 1 amide bonds. The Morgan fingerprint density at radius 1 is 1.13 bits per heavy atom. The zero-order chi connectivity index (χ0) is 16.2. The van der Waals surface area contributed by atoms with Crippen molar-refractivity contribution in [3.05, 3.63) is 71.7 Å². The second-order valence-electron chi connectivity index (χ2n) is 5.13. The van der Waals surface area contributed by atoms with Crippen LogP contribution in [0.25, 0.3) is 16.8 Å². The molecule has 1 aromatic heterocycles. The van der Waals surface area contributed by atoms with E-state index in [1.165, 1.54) is 6.08 Å². The lowest BCUT2D eigenvalue weighted by Gasteiger charge is -2.05. The standard InChI is InChI=1S/C19H14N2O2/c1-13-6-9-18(23-13)11-16(12-20)19(22)21-17-8-7-14-4-2-3-5-15(14)10-17/h2-11H,1H3,(H,21,22). The van der Waals surface area contributed by atoms with E-state index in [0.29, 0.717) is 11.4 Å². The molecule has 4 heteroatoms. The molecule has 0 aliphatic carbocycles. The van der Waals surface area contributed by atoms with Crippen LogP contribution >= 0.6 is 0 Å². The Morgan fingerprint density at radius 3 is 2.61 bits per heavy atom. The van der Waals surface area contributed by atoms with E-state index in [1.807, 2.05) is 48.5 Å². The maximum atomic E-state index is 12.2. The van der Waals surface area contributed by atoms with E-state index in [-0.39, 0.29) is 5.57 Å². The molecule has 3 aromatic rings. The minimum absolute atomic E-state index is 0.00694. The summed E-state index contributed by atoms with van der Waals surface area (Å²) in [6.45, 7) is 1.80. The summed E-state index contributed by atoms with van der Waals surface area (Å²) in [5, 5.41) is 14.0. The predicted molar refractivity (Wildman–Crippen MR) is 89.6 cm³/mol. The molecule has 0 fully saturated rings. The summed E-state index contributed by atoms with van der Waals surface area (Å²) in [6, 6.07) is 18.9. The van der Waals surface area contributed by atoms with Crippen LogP contribution in [0.1, 0.15) is 11.5 Å². The number of rotatable bonds is 3. The van der Waals surface area contributed by atoms with Crippen molar-refractivity contribution >= 4 is 28.4 Å². The second kappa shape index (κ2) is 6.20. The fourth-order valence-corrected chi connectivity index (χ4v) is 2.29. The highest BCUT2D eigenvalue weighted by Gasteiger charge is 2.11. The SMILES string of the molecule is Cc1ccc(C=C(C#N)C(=O)Nc2ccc3ccccc3c2)o1. The van der Waals surface area contributed by atoms with Gasteiger partial charge in [-0.3, -0.25) is 4.79 Å². The summed E-state index contributed by atoms with van der Waals surface area (Å²) < 4.78 is 5.37. The van der Waals surface area contributed by atoms with Crippen molar-refractivity contribution in [2.75, 3.05) is 5.32 Å². The van der Waals surface area contributed by atoms with Crippen LogP contribution in [0.3, 0.4) is 0 Å². The van der Waals surface area contributed by atoms with Gasteiger partial charge in [0.1, 0.15) is 23.2 Å². The normalized spacial score (nSPS) is 11.2. The Bertz CT molecular complexity index is 945. The summed E-state index contributed by atoms with van der Waals surface area (Å²) in [5.41, 5.74) is 0.637. The van der Waals surface area contributed by atoms with Crippen LogP contribution in [0, 0.1) is 18.3 Å². The average molecular weight is 302 g/mol. The van der Waals surface area contributed by atoms with Crippen LogP contribution in [0.4, 0.5) is 5.69 Å². The van der Waals surface area contributed by atoms with Gasteiger partial charge in [-0.2, -0.15) is 5.26 Å². The molecule has 112 valence electrons. The molecule has 2 aromatic carbocycles. The molecule has 0 spiro atoms. The Hall–Kier alpha value is -3.32. The molecule has 0 aliphatic heterocycles. The van der Waals surface area contributed by atoms with Crippen LogP contribution in [0.2, 0.25) is 0 Å². The zero-order valence-corrected chi connectivity index (χ0v) is 12.5. The molecule has 0 radical (unpaired) electrons. The Balaban J connectivity index is 1.83. The van der Waals surface area contributed by atoms with Gasteiger partial charge in [-0.05, 0) is 42.0 Å². The van der Waals surface area contributed by atoms with Gasteiger partial charge < -0.3 is 9.73 Å². The number of nitrogens with zero attached hydrogens (tertiary/aromatic N) is 1. The van der Waals surface area contributed by atoms with Crippen LogP contribution in [-0.4, -0.2) is 5.91 Å². The van der Waals surface area contributed by atoms with E-state index in [9.17, 15) is 10.1 Å². The number of amides is 1. The number of benzene rings is 2. The monoisotopic (exact) mass is 302 g/mol. The van der Waals surface area contributed by atoms with Crippen molar-refractivity contribution in [3.8, 4) is 6.07 Å². The third-order valence-electron chi connectivity index (χ3n) is 3.42. The van der Waals surface area contributed by atoms with Gasteiger partial charge >= 0.3 is 0 Å². The molecule has 1 N–H and O–H groups in total. The number of anilines is 1. The maximum absolute atomic E-state index is 12.2. The van der Waals surface area contributed by atoms with Gasteiger partial charge in [0, 0.05) is 11.8 Å². The highest BCUT2D eigenvalue weighted by Crippen LogP contribution is 2.19. The molecule has 23 heavy (non-hydrogen) atoms. The first kappa shape index (κ1) is 14.6. The molecule has 0 aliphatic rings. The Kier molecular flexibility index (Phi) is 3.94. The van der Waals surface area contributed by atoms with Gasteiger partial charge in [-0.1, -0.05) is 30.3 Å². The largest absolute Gasteiger partial charge is 0.462 e. The minimum atomic E-state index is -0.461. The fourth-order valence-electron chi connectivity index (χ4n) is 2.29. The van der Waals surface area contributed by atoms with Gasteiger partial charge in [0.2, 0.25) is 0 Å². The lowest BCUT2D eigenvalue weighted by molar-refractivity contribution is -0.112. The molecule has 3 rings (SSSR count). The quantitative estimate of drug-likeness (QED) is 0.580. The molecule has 4 nitrogen and oxygen atoms in total. The van der Waals surface area contributed by atoms with Crippen molar-refractivity contribution < 1.29 is 9.21 Å². The number of furan rings is 1. The number of carbonyl (C=O) groups is 1. The molecule has 0 unspecified atom stereocenters. The first-order valence-electron chi connectivity index (χ1n) is 7.14. The van der Waals surface area contributed by atoms with Crippen molar-refractivity contribution in [2.24, 2.45) is 0 Å². The van der Waals surface area contributed by atoms with Gasteiger partial charge in [0.05, 0.1) is 0 Å². The molecule has 0 saturated carbocycles. The third kappa shape index (κ3) is 3.30. The fraction of sp³-hybridized carbons (Fsp3) is 0.0526. The molecular weight excluding hydrogens is 288 g/mol. The number of nitriles is 1. The van der Waals surface area contributed by atoms with Gasteiger partial charge in [-0.15, -0.1) is 0 Å². The number of nitrogens with one attached hydrogen (secondary N) is 1. The second-order valence-corrected chi connectivity index (χ2v) is 5.13. The van der Waals surface area contributed by atoms with E-state index in [1.54, 1.807) is 19.1 Å². The topological polar surface area (TPSA) is 66.0 Å². The van der Waals surface area contributed by atoms with Crippen molar-refractivity contribution in [3.63, 3.8) is 0 Å². The number of hydrogen-bond donors (Lipinski definition) is 1. The maximum Gasteiger partial charge on any atom is 0.266 e. The lowest BCUT2D eigenvalue weighted by Crippen LogP contribution is -2.13. The molecule has 0 atom stereocenters. The number of hydrogen-bond acceptors (Lipinski definition) is 3. The number of fused-ring (bicyclic) bond motifs is 1. The van der Waals surface area contributed by atoms with Gasteiger partial charge in [-0.25, -0.2) is 0 Å². The first-order chi connectivity index (χ1) is 11.2. The van der Waals surface area contributed by atoms with E-state index in [4.69, 9.17) is 4.42 Å². The van der Waals surface area contributed by atoms with Crippen LogP contribution in [-0.2, 0) is 4.79 Å². The van der Waals surface area contributed by atoms with Crippen LogP contribution < -0.4 is 5.32 Å². The summed E-state index contributed by atoms with van der Waals surface area (Å²) in [6.07, 6.45) is 1.43. The first-order valence-corrected chi connectivity index (χ1v) is 7.14. The van der Waals surface area contributed by atoms with Crippen molar-refractivity contribution in [1.29, 1.82) is 5.26 Å². The number of aryl methyl sites for hydroxylation is 1. The van der Waals surface area contributed by atoms with Crippen molar-refractivity contribution in [1.82, 2.24) is 0 Å². The highest BCUT2D eigenvalue weighted by molar-refractivity contribution is 6.10. The summed E-state index contributed by atoms with van der Waals surface area (Å²) in [5.74, 6) is 0.744. The summed E-state index contributed by atoms with van der Waals surface area (Å²) in [4.78, 5) is 12.2. The third-order valence-corrected chi connectivity index (χ3v) is 3.42. The highest BCUT2D eigenvalue weighted by atomic mass is 16.3. The van der Waals surface area contributed by atoms with E-state index in [2.05, 4.69) is 5.32 Å².